The largest absolute Gasteiger partial charge is 0.394 e. The van der Waals surface area contributed by atoms with Crippen molar-refractivity contribution in [3.63, 3.8) is 0 Å². The first-order valence-electron chi connectivity index (χ1n) is 6.64. The molecule has 1 saturated heterocycles. The third kappa shape index (κ3) is 2.14. The maximum absolute atomic E-state index is 10.1. The molecule has 22 heavy (non-hydrogen) atoms. The fourth-order valence-corrected chi connectivity index (χ4v) is 2.77. The number of hydrogen-bond acceptors (Lipinski definition) is 9. The van der Waals surface area contributed by atoms with Crippen LogP contribution in [-0.4, -0.2) is 87.4 Å². The molecule has 3 heterocycles. The van der Waals surface area contributed by atoms with Gasteiger partial charge >= 0.3 is 0 Å². The summed E-state index contributed by atoms with van der Waals surface area (Å²) in [5.41, 5.74) is 11.7. The number of nitrogens with one attached hydrogen (secondary N) is 1. The number of aliphatic hydroxyl groups excluding tert-OH is 3. The molecule has 0 spiro atoms. The zero-order valence-corrected chi connectivity index (χ0v) is 11.4. The fraction of sp³-hybridized carbons (Fsp3) is 0.636. The van der Waals surface area contributed by atoms with E-state index in [9.17, 15) is 10.2 Å². The van der Waals surface area contributed by atoms with Crippen molar-refractivity contribution in [1.82, 2.24) is 4.90 Å². The number of amidine groups is 2. The molecule has 0 aromatic heterocycles. The number of ether oxygens (including phenoxy) is 1. The molecule has 6 atom stereocenters. The Balaban J connectivity index is 1.91. The third-order valence-corrected chi connectivity index (χ3v) is 3.87. The normalized spacial score (nSPS) is 41.2. The van der Waals surface area contributed by atoms with E-state index in [0.717, 1.165) is 0 Å². The Bertz CT molecular complexity index is 577. The number of hydrogen-bond donors (Lipinski definition) is 6. The molecule has 120 valence electrons. The minimum atomic E-state index is -1.27. The Morgan fingerprint density at radius 1 is 1.23 bits per heavy atom. The summed E-state index contributed by atoms with van der Waals surface area (Å²) >= 11 is 0. The summed E-state index contributed by atoms with van der Waals surface area (Å²) in [6, 6.07) is -1.34. The Hall–Kier alpha value is -2.08. The van der Waals surface area contributed by atoms with Crippen LogP contribution in [0.15, 0.2) is 15.0 Å². The van der Waals surface area contributed by atoms with Gasteiger partial charge in [-0.25, -0.2) is 0 Å². The molecular weight excluding hydrogens is 294 g/mol. The molecular formula is C11H17N7O4. The molecule has 0 radical (unpaired) electrons. The van der Waals surface area contributed by atoms with E-state index in [-0.39, 0.29) is 17.6 Å². The SMILES string of the molecule is N=C1N=C(N)C2N=CN(C3O[C@@H](CO)[C@H](O)[C@@H]3O)C2C(N)=N1. The van der Waals surface area contributed by atoms with Gasteiger partial charge in [0.25, 0.3) is 0 Å². The number of aliphatic hydroxyl groups is 3. The molecule has 11 nitrogen and oxygen atoms in total. The first-order valence-corrected chi connectivity index (χ1v) is 6.64. The molecule has 3 rings (SSSR count). The van der Waals surface area contributed by atoms with Crippen LogP contribution in [0.1, 0.15) is 0 Å². The van der Waals surface area contributed by atoms with Crippen LogP contribution in [0.5, 0.6) is 0 Å². The Morgan fingerprint density at radius 2 is 1.91 bits per heavy atom. The lowest BCUT2D eigenvalue weighted by atomic mass is 10.1. The smallest absolute Gasteiger partial charge is 0.245 e. The van der Waals surface area contributed by atoms with Gasteiger partial charge in [-0.05, 0) is 0 Å². The molecule has 11 heteroatoms. The second-order valence-corrected chi connectivity index (χ2v) is 5.23. The van der Waals surface area contributed by atoms with Crippen LogP contribution in [0, 0.1) is 5.41 Å². The number of aliphatic imine (C=N–C) groups is 3. The van der Waals surface area contributed by atoms with Crippen molar-refractivity contribution in [1.29, 1.82) is 5.41 Å². The van der Waals surface area contributed by atoms with E-state index < -0.39 is 43.2 Å². The molecule has 0 aromatic carbocycles. The number of nitrogens with zero attached hydrogens (tertiary/aromatic N) is 4. The van der Waals surface area contributed by atoms with Gasteiger partial charge in [0.1, 0.15) is 42.1 Å². The van der Waals surface area contributed by atoms with E-state index in [1.165, 1.54) is 11.2 Å². The monoisotopic (exact) mass is 311 g/mol. The highest BCUT2D eigenvalue weighted by atomic mass is 16.6. The van der Waals surface area contributed by atoms with Crippen molar-refractivity contribution in [3.05, 3.63) is 0 Å². The lowest BCUT2D eigenvalue weighted by molar-refractivity contribution is -0.0725. The van der Waals surface area contributed by atoms with Gasteiger partial charge in [-0.1, -0.05) is 0 Å². The van der Waals surface area contributed by atoms with E-state index >= 15 is 0 Å². The van der Waals surface area contributed by atoms with Crippen molar-refractivity contribution in [3.8, 4) is 0 Å². The van der Waals surface area contributed by atoms with E-state index in [2.05, 4.69) is 15.0 Å². The van der Waals surface area contributed by atoms with Crippen molar-refractivity contribution in [2.75, 3.05) is 6.61 Å². The first-order chi connectivity index (χ1) is 10.4. The number of fused-ring (bicyclic) bond motifs is 1. The van der Waals surface area contributed by atoms with E-state index in [4.69, 9.17) is 26.7 Å². The molecule has 8 N–H and O–H groups in total. The standard InChI is InChI=1S/C11H17N7O4/c12-8-4-5(9(13)17-11(14)16-8)18(2-15-4)10-7(21)6(20)3(1-19)22-10/h2-7,10,19-21H,1H2,(H5,12,13,14,16,17)/t3-,4?,5?,6-,7-,10?/m0/s1. The van der Waals surface area contributed by atoms with E-state index in [0.29, 0.717) is 0 Å². The fourth-order valence-electron chi connectivity index (χ4n) is 2.77. The predicted molar refractivity (Wildman–Crippen MR) is 76.6 cm³/mol. The van der Waals surface area contributed by atoms with Gasteiger partial charge in [-0.2, -0.15) is 9.98 Å². The predicted octanol–water partition coefficient (Wildman–Crippen LogP) is -3.83. The Labute approximate surface area is 125 Å². The highest BCUT2D eigenvalue weighted by Crippen LogP contribution is 2.28. The summed E-state index contributed by atoms with van der Waals surface area (Å²) in [6.45, 7) is -0.439. The molecule has 0 aliphatic carbocycles. The second-order valence-electron chi connectivity index (χ2n) is 5.23. The summed E-state index contributed by atoms with van der Waals surface area (Å²) in [4.78, 5) is 13.2. The maximum atomic E-state index is 10.1. The Kier molecular flexibility index (Phi) is 3.56. The Morgan fingerprint density at radius 3 is 2.55 bits per heavy atom. The number of nitrogens with two attached hydrogens (primary N) is 2. The van der Waals surface area contributed by atoms with Crippen molar-refractivity contribution in [2.45, 2.75) is 36.6 Å². The van der Waals surface area contributed by atoms with Gasteiger partial charge in [0.15, 0.2) is 6.23 Å². The van der Waals surface area contributed by atoms with Crippen molar-refractivity contribution >= 4 is 24.0 Å². The minimum Gasteiger partial charge on any atom is -0.394 e. The zero-order chi connectivity index (χ0) is 16.0. The third-order valence-electron chi connectivity index (χ3n) is 3.87. The molecule has 0 aromatic rings. The maximum Gasteiger partial charge on any atom is 0.245 e. The molecule has 3 aliphatic rings. The molecule has 0 saturated carbocycles. The lowest BCUT2D eigenvalue weighted by Gasteiger charge is -2.32. The summed E-state index contributed by atoms with van der Waals surface area (Å²) < 4.78 is 5.46. The van der Waals surface area contributed by atoms with Gasteiger partial charge in [0.05, 0.1) is 12.9 Å². The first kappa shape index (κ1) is 14.8. The van der Waals surface area contributed by atoms with Gasteiger partial charge in [0.2, 0.25) is 5.96 Å². The van der Waals surface area contributed by atoms with Crippen LogP contribution >= 0.6 is 0 Å². The van der Waals surface area contributed by atoms with Gasteiger partial charge < -0.3 is 36.4 Å². The minimum absolute atomic E-state index is 0.0504. The summed E-state index contributed by atoms with van der Waals surface area (Å²) in [5.74, 6) is -0.208. The van der Waals surface area contributed by atoms with Gasteiger partial charge in [-0.3, -0.25) is 10.4 Å². The average Bonchev–Trinajstić information content (AvgIpc) is 2.98. The highest BCUT2D eigenvalue weighted by molar-refractivity contribution is 6.10. The molecule has 1 fully saturated rings. The topological polar surface area (TPSA) is 186 Å². The van der Waals surface area contributed by atoms with Crippen LogP contribution in [0.25, 0.3) is 0 Å². The van der Waals surface area contributed by atoms with Crippen LogP contribution < -0.4 is 11.5 Å². The quantitative estimate of drug-likeness (QED) is 0.301. The van der Waals surface area contributed by atoms with Crippen LogP contribution in [0.4, 0.5) is 0 Å². The van der Waals surface area contributed by atoms with E-state index in [1.807, 2.05) is 0 Å². The van der Waals surface area contributed by atoms with Crippen molar-refractivity contribution in [2.24, 2.45) is 26.4 Å². The number of rotatable bonds is 2. The summed E-state index contributed by atoms with van der Waals surface area (Å²) in [5, 5.41) is 36.6. The average molecular weight is 311 g/mol. The van der Waals surface area contributed by atoms with E-state index in [1.54, 1.807) is 0 Å². The van der Waals surface area contributed by atoms with Crippen LogP contribution in [-0.2, 0) is 4.74 Å². The lowest BCUT2D eigenvalue weighted by Crippen LogP contribution is -2.56. The zero-order valence-electron chi connectivity index (χ0n) is 11.4. The second kappa shape index (κ2) is 5.28. The summed E-state index contributed by atoms with van der Waals surface area (Å²) in [6.07, 6.45) is -3.01. The summed E-state index contributed by atoms with van der Waals surface area (Å²) in [7, 11) is 0. The van der Waals surface area contributed by atoms with Crippen LogP contribution in [0.3, 0.4) is 0 Å². The number of guanidine groups is 1. The molecule has 3 unspecified atom stereocenters. The molecule has 3 aliphatic heterocycles. The van der Waals surface area contributed by atoms with Gasteiger partial charge in [-0.15, -0.1) is 0 Å². The molecule has 0 amide bonds. The van der Waals surface area contributed by atoms with Crippen molar-refractivity contribution < 1.29 is 20.1 Å². The van der Waals surface area contributed by atoms with Gasteiger partial charge in [0, 0.05) is 0 Å². The highest BCUT2D eigenvalue weighted by Gasteiger charge is 2.50. The van der Waals surface area contributed by atoms with Crippen LogP contribution in [0.2, 0.25) is 0 Å². The molecule has 0 bridgehead atoms.